The third-order valence-corrected chi connectivity index (χ3v) is 2.91. The summed E-state index contributed by atoms with van der Waals surface area (Å²) in [6.45, 7) is 6.72. The topological polar surface area (TPSA) is 40.7 Å². The van der Waals surface area contributed by atoms with Crippen molar-refractivity contribution in [1.82, 2.24) is 10.2 Å². The molecule has 1 heterocycles. The van der Waals surface area contributed by atoms with E-state index in [1.807, 2.05) is 6.07 Å². The molecular formula is C15H21N3. The van der Waals surface area contributed by atoms with Crippen LogP contribution >= 0.6 is 0 Å². The van der Waals surface area contributed by atoms with E-state index < -0.39 is 0 Å². The third-order valence-electron chi connectivity index (χ3n) is 2.91. The lowest BCUT2D eigenvalue weighted by atomic mass is 10.0. The summed E-state index contributed by atoms with van der Waals surface area (Å²) in [4.78, 5) is 0. The number of nitrogens with one attached hydrogen (secondary N) is 2. The molecule has 0 radical (unpaired) electrons. The van der Waals surface area contributed by atoms with E-state index in [9.17, 15) is 0 Å². The molecule has 0 aliphatic carbocycles. The molecule has 1 aromatic carbocycles. The van der Waals surface area contributed by atoms with E-state index in [2.05, 4.69) is 60.6 Å². The molecule has 1 atom stereocenters. The zero-order chi connectivity index (χ0) is 13.0. The molecule has 0 saturated heterocycles. The Morgan fingerprint density at radius 2 is 2.06 bits per heavy atom. The van der Waals surface area contributed by atoms with Crippen molar-refractivity contribution in [3.63, 3.8) is 0 Å². The molecule has 2 aromatic rings. The first kappa shape index (κ1) is 12.7. The highest BCUT2D eigenvalue weighted by Crippen LogP contribution is 2.21. The van der Waals surface area contributed by atoms with Gasteiger partial charge < -0.3 is 5.32 Å². The van der Waals surface area contributed by atoms with Crippen LogP contribution in [0.1, 0.15) is 27.2 Å². The summed E-state index contributed by atoms with van der Waals surface area (Å²) in [7, 11) is 0. The number of anilines is 1. The van der Waals surface area contributed by atoms with E-state index >= 15 is 0 Å². The minimum absolute atomic E-state index is 0.488. The molecule has 1 aromatic heterocycles. The van der Waals surface area contributed by atoms with Crippen LogP contribution in [0, 0.1) is 5.92 Å². The maximum Gasteiger partial charge on any atom is 0.0650 e. The molecule has 0 saturated carbocycles. The van der Waals surface area contributed by atoms with Crippen LogP contribution in [0.25, 0.3) is 11.3 Å². The van der Waals surface area contributed by atoms with Gasteiger partial charge >= 0.3 is 0 Å². The molecule has 1 unspecified atom stereocenters. The lowest BCUT2D eigenvalue weighted by molar-refractivity contribution is 0.540. The molecule has 0 bridgehead atoms. The maximum atomic E-state index is 3.98. The van der Waals surface area contributed by atoms with Gasteiger partial charge in [-0.2, -0.15) is 5.10 Å². The van der Waals surface area contributed by atoms with E-state index in [0.29, 0.717) is 12.0 Å². The van der Waals surface area contributed by atoms with Crippen LogP contribution < -0.4 is 5.32 Å². The van der Waals surface area contributed by atoms with Crippen LogP contribution in [0.5, 0.6) is 0 Å². The number of H-pyrrole nitrogens is 1. The Labute approximate surface area is 109 Å². The van der Waals surface area contributed by atoms with Gasteiger partial charge in [-0.15, -0.1) is 0 Å². The van der Waals surface area contributed by atoms with E-state index in [0.717, 1.165) is 16.9 Å². The molecule has 0 amide bonds. The highest BCUT2D eigenvalue weighted by Gasteiger charge is 2.06. The van der Waals surface area contributed by atoms with Gasteiger partial charge in [-0.25, -0.2) is 0 Å². The van der Waals surface area contributed by atoms with Crippen molar-refractivity contribution < 1.29 is 0 Å². The Morgan fingerprint density at radius 1 is 1.22 bits per heavy atom. The Bertz CT molecular complexity index is 474. The van der Waals surface area contributed by atoms with Gasteiger partial charge in [0.05, 0.1) is 5.69 Å². The zero-order valence-corrected chi connectivity index (χ0v) is 11.3. The van der Waals surface area contributed by atoms with Gasteiger partial charge in [-0.05, 0) is 37.5 Å². The van der Waals surface area contributed by atoms with Crippen LogP contribution in [0.2, 0.25) is 0 Å². The van der Waals surface area contributed by atoms with Gasteiger partial charge in [-0.1, -0.05) is 26.0 Å². The van der Waals surface area contributed by atoms with Crippen molar-refractivity contribution in [2.45, 2.75) is 33.2 Å². The minimum atomic E-state index is 0.488. The molecule has 3 nitrogen and oxygen atoms in total. The molecule has 0 fully saturated rings. The second-order valence-corrected chi connectivity index (χ2v) is 5.23. The van der Waals surface area contributed by atoms with Gasteiger partial charge in [0.25, 0.3) is 0 Å². The fourth-order valence-electron chi connectivity index (χ4n) is 2.24. The summed E-state index contributed by atoms with van der Waals surface area (Å²) in [5.41, 5.74) is 3.37. The summed E-state index contributed by atoms with van der Waals surface area (Å²) < 4.78 is 0. The number of aromatic amines is 1. The fraction of sp³-hybridized carbons (Fsp3) is 0.400. The molecule has 96 valence electrons. The molecule has 18 heavy (non-hydrogen) atoms. The lowest BCUT2D eigenvalue weighted by Crippen LogP contribution is -2.17. The standard InChI is InChI=1S/C15H21N3/c1-11(2)9-12(3)17-14-6-4-5-13(10-14)15-7-8-16-18-15/h4-8,10-12,17H,9H2,1-3H3,(H,16,18). The van der Waals surface area contributed by atoms with Crippen molar-refractivity contribution >= 4 is 5.69 Å². The van der Waals surface area contributed by atoms with Gasteiger partial charge in [0, 0.05) is 23.5 Å². The average molecular weight is 243 g/mol. The van der Waals surface area contributed by atoms with Crippen LogP contribution in [0.15, 0.2) is 36.5 Å². The number of aromatic nitrogens is 2. The second kappa shape index (κ2) is 5.71. The largest absolute Gasteiger partial charge is 0.383 e. The van der Waals surface area contributed by atoms with Gasteiger partial charge in [0.1, 0.15) is 0 Å². The molecular weight excluding hydrogens is 222 g/mol. The van der Waals surface area contributed by atoms with E-state index in [1.165, 1.54) is 6.42 Å². The van der Waals surface area contributed by atoms with Crippen molar-refractivity contribution in [2.24, 2.45) is 5.92 Å². The monoisotopic (exact) mass is 243 g/mol. The number of rotatable bonds is 5. The highest BCUT2D eigenvalue weighted by molar-refractivity contribution is 5.64. The van der Waals surface area contributed by atoms with Gasteiger partial charge in [0.2, 0.25) is 0 Å². The quantitative estimate of drug-likeness (QED) is 0.835. The fourth-order valence-corrected chi connectivity index (χ4v) is 2.24. The van der Waals surface area contributed by atoms with Crippen LogP contribution in [-0.2, 0) is 0 Å². The smallest absolute Gasteiger partial charge is 0.0650 e. The van der Waals surface area contributed by atoms with E-state index in [4.69, 9.17) is 0 Å². The molecule has 0 aliphatic rings. The lowest BCUT2D eigenvalue weighted by Gasteiger charge is -2.17. The van der Waals surface area contributed by atoms with Crippen LogP contribution in [0.4, 0.5) is 5.69 Å². The van der Waals surface area contributed by atoms with E-state index in [1.54, 1.807) is 6.20 Å². The Kier molecular flexibility index (Phi) is 4.03. The normalized spacial score (nSPS) is 12.7. The second-order valence-electron chi connectivity index (χ2n) is 5.23. The number of benzene rings is 1. The highest BCUT2D eigenvalue weighted by atomic mass is 15.1. The van der Waals surface area contributed by atoms with E-state index in [-0.39, 0.29) is 0 Å². The number of hydrogen-bond donors (Lipinski definition) is 2. The molecule has 2 rings (SSSR count). The van der Waals surface area contributed by atoms with Crippen LogP contribution in [0.3, 0.4) is 0 Å². The molecule has 2 N–H and O–H groups in total. The summed E-state index contributed by atoms with van der Waals surface area (Å²) in [5, 5.41) is 10.5. The number of nitrogens with zero attached hydrogens (tertiary/aromatic N) is 1. The third kappa shape index (κ3) is 3.36. The Hall–Kier alpha value is -1.77. The first-order chi connectivity index (χ1) is 8.65. The first-order valence-corrected chi connectivity index (χ1v) is 6.51. The predicted octanol–water partition coefficient (Wildman–Crippen LogP) is 3.92. The van der Waals surface area contributed by atoms with Crippen molar-refractivity contribution in [2.75, 3.05) is 5.32 Å². The first-order valence-electron chi connectivity index (χ1n) is 6.51. The Morgan fingerprint density at radius 3 is 2.72 bits per heavy atom. The summed E-state index contributed by atoms with van der Waals surface area (Å²) in [5.74, 6) is 0.711. The molecule has 0 spiro atoms. The minimum Gasteiger partial charge on any atom is -0.383 e. The van der Waals surface area contributed by atoms with Gasteiger partial charge in [0.15, 0.2) is 0 Å². The van der Waals surface area contributed by atoms with Crippen molar-refractivity contribution in [1.29, 1.82) is 0 Å². The van der Waals surface area contributed by atoms with Crippen molar-refractivity contribution in [3.05, 3.63) is 36.5 Å². The van der Waals surface area contributed by atoms with Crippen molar-refractivity contribution in [3.8, 4) is 11.3 Å². The Balaban J connectivity index is 2.08. The summed E-state index contributed by atoms with van der Waals surface area (Å²) in [6.07, 6.45) is 2.95. The summed E-state index contributed by atoms with van der Waals surface area (Å²) in [6, 6.07) is 10.9. The maximum absolute atomic E-state index is 3.98. The van der Waals surface area contributed by atoms with Gasteiger partial charge in [-0.3, -0.25) is 5.10 Å². The summed E-state index contributed by atoms with van der Waals surface area (Å²) >= 11 is 0. The SMILES string of the molecule is CC(C)CC(C)Nc1cccc(-c2ccn[nH]2)c1. The molecule has 3 heteroatoms. The molecule has 0 aliphatic heterocycles. The zero-order valence-electron chi connectivity index (χ0n) is 11.3. The van der Waals surface area contributed by atoms with Crippen LogP contribution in [-0.4, -0.2) is 16.2 Å². The average Bonchev–Trinajstić information content (AvgIpc) is 2.81. The number of hydrogen-bond acceptors (Lipinski definition) is 2. The predicted molar refractivity (Wildman–Crippen MR) is 76.6 cm³/mol.